The van der Waals surface area contributed by atoms with Crippen LogP contribution in [-0.4, -0.2) is 28.9 Å². The van der Waals surface area contributed by atoms with Gasteiger partial charge in [0.2, 0.25) is 0 Å². The number of thioether (sulfide) groups is 1. The van der Waals surface area contributed by atoms with E-state index < -0.39 is 0 Å². The van der Waals surface area contributed by atoms with Crippen molar-refractivity contribution in [3.8, 4) is 0 Å². The number of hydrogen-bond donors (Lipinski definition) is 1. The molecule has 2 aliphatic heterocycles. The summed E-state index contributed by atoms with van der Waals surface area (Å²) < 4.78 is 0. The third-order valence-corrected chi connectivity index (χ3v) is 2.00. The molecule has 2 rings (SSSR count). The highest BCUT2D eigenvalue weighted by molar-refractivity contribution is 8.02. The Kier molecular flexibility index (Phi) is 2.00. The molecule has 9 heavy (non-hydrogen) atoms. The first kappa shape index (κ1) is 6.48. The van der Waals surface area contributed by atoms with Gasteiger partial charge in [-0.1, -0.05) is 0 Å². The Hall–Kier alpha value is -0.640. The van der Waals surface area contributed by atoms with Gasteiger partial charge in [-0.2, -0.15) is 0 Å². The summed E-state index contributed by atoms with van der Waals surface area (Å²) in [6.45, 7) is 1.01. The topological polar surface area (TPSA) is 40.3 Å². The van der Waals surface area contributed by atoms with Crippen molar-refractivity contribution in [1.82, 2.24) is 4.90 Å². The molecule has 50 valence electrons. The fourth-order valence-electron chi connectivity index (χ4n) is 0.624. The lowest BCUT2D eigenvalue weighted by atomic mass is 10.8. The monoisotopic (exact) mass is 145 g/mol. The van der Waals surface area contributed by atoms with Crippen LogP contribution in [0.2, 0.25) is 0 Å². The molecule has 0 aromatic heterocycles. The van der Waals surface area contributed by atoms with E-state index in [1.165, 1.54) is 12.4 Å². The van der Waals surface area contributed by atoms with Gasteiger partial charge in [0.05, 0.1) is 12.4 Å². The summed E-state index contributed by atoms with van der Waals surface area (Å²) in [4.78, 5) is 10.7. The first-order valence-corrected chi connectivity index (χ1v) is 3.57. The molecule has 0 atom stereocenters. The maximum absolute atomic E-state index is 8.36. The highest BCUT2D eigenvalue weighted by Gasteiger charge is 2.28. The van der Waals surface area contributed by atoms with Crippen LogP contribution >= 0.6 is 11.8 Å². The normalized spacial score (nSPS) is 19.1. The molecule has 2 aliphatic rings. The minimum Gasteiger partial charge on any atom is -0.483 e. The van der Waals surface area contributed by atoms with Crippen LogP contribution < -0.4 is 0 Å². The zero-order chi connectivity index (χ0) is 6.69. The molecule has 3 nitrogen and oxygen atoms in total. The van der Waals surface area contributed by atoms with E-state index in [-0.39, 0.29) is 6.47 Å². The Bertz CT molecular complexity index is 146. The second-order valence-electron chi connectivity index (χ2n) is 1.71. The highest BCUT2D eigenvalue weighted by Crippen LogP contribution is 2.34. The van der Waals surface area contributed by atoms with Crippen LogP contribution in [0.15, 0.2) is 11.1 Å². The predicted octanol–water partition coefficient (Wildman–Crippen LogP) is 0.548. The quantitative estimate of drug-likeness (QED) is 0.399. The SMILES string of the molecule is C1=C2CN2CS1.O=CO. The van der Waals surface area contributed by atoms with Crippen LogP contribution in [0.25, 0.3) is 0 Å². The van der Waals surface area contributed by atoms with Crippen LogP contribution in [0, 0.1) is 0 Å². The van der Waals surface area contributed by atoms with Gasteiger partial charge in [-0.3, -0.25) is 4.79 Å². The molecule has 0 radical (unpaired) electrons. The van der Waals surface area contributed by atoms with E-state index in [9.17, 15) is 0 Å². The molecule has 0 unspecified atom stereocenters. The molecule has 1 fully saturated rings. The molecule has 1 N–H and O–H groups in total. The average molecular weight is 145 g/mol. The molecule has 0 aromatic rings. The van der Waals surface area contributed by atoms with Crippen molar-refractivity contribution in [2.75, 3.05) is 12.4 Å². The highest BCUT2D eigenvalue weighted by atomic mass is 32.2. The molecule has 0 saturated carbocycles. The van der Waals surface area contributed by atoms with E-state index in [0.717, 1.165) is 0 Å². The van der Waals surface area contributed by atoms with Gasteiger partial charge >= 0.3 is 0 Å². The summed E-state index contributed by atoms with van der Waals surface area (Å²) in [5.74, 6) is 1.22. The smallest absolute Gasteiger partial charge is 0.290 e. The zero-order valence-electron chi connectivity index (χ0n) is 4.78. The van der Waals surface area contributed by atoms with Crippen LogP contribution in [0.3, 0.4) is 0 Å². The van der Waals surface area contributed by atoms with Gasteiger partial charge in [0.15, 0.2) is 0 Å². The van der Waals surface area contributed by atoms with Crippen molar-refractivity contribution in [3.05, 3.63) is 11.1 Å². The zero-order valence-corrected chi connectivity index (χ0v) is 5.60. The number of rotatable bonds is 0. The number of nitrogens with zero attached hydrogens (tertiary/aromatic N) is 1. The predicted molar refractivity (Wildman–Crippen MR) is 35.9 cm³/mol. The molecule has 0 aliphatic carbocycles. The molecular weight excluding hydrogens is 138 g/mol. The van der Waals surface area contributed by atoms with Crippen molar-refractivity contribution < 1.29 is 9.90 Å². The van der Waals surface area contributed by atoms with E-state index in [2.05, 4.69) is 10.3 Å². The van der Waals surface area contributed by atoms with Gasteiger partial charge in [0, 0.05) is 5.70 Å². The lowest BCUT2D eigenvalue weighted by Crippen LogP contribution is -1.85. The largest absolute Gasteiger partial charge is 0.483 e. The first-order valence-electron chi connectivity index (χ1n) is 2.52. The van der Waals surface area contributed by atoms with Crippen molar-refractivity contribution in [3.63, 3.8) is 0 Å². The second-order valence-corrected chi connectivity index (χ2v) is 2.54. The Labute approximate surface area is 57.3 Å². The molecule has 4 heteroatoms. The number of hydrogen-bond acceptors (Lipinski definition) is 3. The van der Waals surface area contributed by atoms with Gasteiger partial charge in [0.25, 0.3) is 6.47 Å². The van der Waals surface area contributed by atoms with Gasteiger partial charge in [-0.25, -0.2) is 0 Å². The van der Waals surface area contributed by atoms with E-state index in [1.54, 1.807) is 5.70 Å². The molecule has 0 bridgehead atoms. The summed E-state index contributed by atoms with van der Waals surface area (Å²) in [5.41, 5.74) is 1.54. The third kappa shape index (κ3) is 1.64. The summed E-state index contributed by atoms with van der Waals surface area (Å²) in [5, 5.41) is 9.12. The fourth-order valence-corrected chi connectivity index (χ4v) is 1.55. The van der Waals surface area contributed by atoms with Crippen LogP contribution in [0.1, 0.15) is 0 Å². The Balaban J connectivity index is 0.000000120. The van der Waals surface area contributed by atoms with Crippen molar-refractivity contribution >= 4 is 18.2 Å². The summed E-state index contributed by atoms with van der Waals surface area (Å²) in [6.07, 6.45) is 0. The van der Waals surface area contributed by atoms with Gasteiger partial charge < -0.3 is 10.0 Å². The second kappa shape index (κ2) is 2.77. The Morgan fingerprint density at radius 1 is 1.89 bits per heavy atom. The molecule has 0 aromatic carbocycles. The Morgan fingerprint density at radius 2 is 2.56 bits per heavy atom. The third-order valence-electron chi connectivity index (χ3n) is 1.11. The lowest BCUT2D eigenvalue weighted by molar-refractivity contribution is -0.122. The van der Waals surface area contributed by atoms with E-state index in [1.807, 2.05) is 11.8 Å². The summed E-state index contributed by atoms with van der Waals surface area (Å²) in [7, 11) is 0. The molecular formula is C5H7NO2S. The summed E-state index contributed by atoms with van der Waals surface area (Å²) >= 11 is 1.90. The van der Waals surface area contributed by atoms with E-state index >= 15 is 0 Å². The van der Waals surface area contributed by atoms with E-state index in [4.69, 9.17) is 9.90 Å². The first-order chi connectivity index (χ1) is 4.38. The van der Waals surface area contributed by atoms with Crippen LogP contribution in [0.5, 0.6) is 0 Å². The summed E-state index contributed by atoms with van der Waals surface area (Å²) in [6, 6.07) is 0. The molecule has 2 heterocycles. The number of fused-ring (bicyclic) bond motifs is 1. The van der Waals surface area contributed by atoms with E-state index in [0.29, 0.717) is 0 Å². The number of carboxylic acid groups (broad SMARTS) is 1. The lowest BCUT2D eigenvalue weighted by Gasteiger charge is -1.85. The maximum Gasteiger partial charge on any atom is 0.290 e. The maximum atomic E-state index is 8.36. The molecule has 1 saturated heterocycles. The molecule has 0 spiro atoms. The Morgan fingerprint density at radius 3 is 2.67 bits per heavy atom. The van der Waals surface area contributed by atoms with Gasteiger partial charge in [-0.15, -0.1) is 11.8 Å². The minimum atomic E-state index is -0.250. The average Bonchev–Trinajstić information content (AvgIpc) is 2.43. The van der Waals surface area contributed by atoms with Crippen molar-refractivity contribution in [2.24, 2.45) is 0 Å². The fraction of sp³-hybridized carbons (Fsp3) is 0.400. The number of carbonyl (C=O) groups is 1. The molecule has 0 amide bonds. The van der Waals surface area contributed by atoms with Crippen LogP contribution in [0.4, 0.5) is 0 Å². The van der Waals surface area contributed by atoms with Crippen LogP contribution in [-0.2, 0) is 4.79 Å². The van der Waals surface area contributed by atoms with Gasteiger partial charge in [0.1, 0.15) is 0 Å². The van der Waals surface area contributed by atoms with Crippen molar-refractivity contribution in [2.45, 2.75) is 0 Å². The minimum absolute atomic E-state index is 0.250. The van der Waals surface area contributed by atoms with Gasteiger partial charge in [-0.05, 0) is 5.41 Å². The standard InChI is InChI=1S/C4H5NS.CH2O2/c1-4-2-6-3-5(1)4;2-1-3/h2H,1,3H2;1H,(H,2,3). The van der Waals surface area contributed by atoms with Crippen molar-refractivity contribution in [1.29, 1.82) is 0 Å².